The molecule has 19 heavy (non-hydrogen) atoms. The minimum absolute atomic E-state index is 0.169. The van der Waals surface area contributed by atoms with Crippen molar-refractivity contribution in [1.29, 1.82) is 0 Å². The van der Waals surface area contributed by atoms with Gasteiger partial charge in [0.15, 0.2) is 5.82 Å². The quantitative estimate of drug-likeness (QED) is 0.852. The van der Waals surface area contributed by atoms with E-state index in [0.29, 0.717) is 18.8 Å². The van der Waals surface area contributed by atoms with Gasteiger partial charge in [0, 0.05) is 24.4 Å². The number of benzene rings is 1. The maximum Gasteiger partial charge on any atom is 0.223 e. The molecule has 1 aliphatic rings. The standard InChI is InChI=1S/C14H16N4O/c19-14(11-6-7-11)15-9-8-12-16-13(18-17-12)10-4-2-1-3-5-10/h1-5,11H,6-9H2,(H,15,19)(H,16,17,18). The smallest absolute Gasteiger partial charge is 0.223 e. The van der Waals surface area contributed by atoms with Crippen molar-refractivity contribution in [3.8, 4) is 11.4 Å². The molecule has 1 aromatic heterocycles. The van der Waals surface area contributed by atoms with E-state index in [2.05, 4.69) is 20.5 Å². The molecule has 5 heteroatoms. The number of amides is 1. The summed E-state index contributed by atoms with van der Waals surface area (Å²) in [4.78, 5) is 15.9. The van der Waals surface area contributed by atoms with E-state index in [-0.39, 0.29) is 11.8 Å². The molecule has 1 amide bonds. The number of carbonyl (C=O) groups excluding carboxylic acids is 1. The minimum atomic E-state index is 0.169. The maximum absolute atomic E-state index is 11.5. The number of hydrogen-bond acceptors (Lipinski definition) is 3. The highest BCUT2D eigenvalue weighted by molar-refractivity contribution is 5.80. The van der Waals surface area contributed by atoms with Crippen LogP contribution in [0.1, 0.15) is 18.7 Å². The van der Waals surface area contributed by atoms with Gasteiger partial charge in [-0.25, -0.2) is 4.98 Å². The lowest BCUT2D eigenvalue weighted by molar-refractivity contribution is -0.122. The summed E-state index contributed by atoms with van der Waals surface area (Å²) in [6.45, 7) is 0.610. The topological polar surface area (TPSA) is 70.7 Å². The van der Waals surface area contributed by atoms with Crippen molar-refractivity contribution >= 4 is 5.91 Å². The van der Waals surface area contributed by atoms with Gasteiger partial charge in [-0.2, -0.15) is 5.10 Å². The van der Waals surface area contributed by atoms with E-state index in [9.17, 15) is 4.79 Å². The average molecular weight is 256 g/mol. The summed E-state index contributed by atoms with van der Waals surface area (Å²) in [7, 11) is 0. The normalized spacial score (nSPS) is 14.3. The lowest BCUT2D eigenvalue weighted by Gasteiger charge is -2.01. The third kappa shape index (κ3) is 2.99. The molecule has 5 nitrogen and oxygen atoms in total. The number of aromatic nitrogens is 3. The second-order valence-electron chi connectivity index (χ2n) is 4.79. The summed E-state index contributed by atoms with van der Waals surface area (Å²) >= 11 is 0. The Bertz CT molecular complexity index is 560. The molecule has 1 saturated carbocycles. The predicted octanol–water partition coefficient (Wildman–Crippen LogP) is 1.54. The van der Waals surface area contributed by atoms with Gasteiger partial charge in [-0.15, -0.1) is 0 Å². The molecule has 0 aliphatic heterocycles. The second kappa shape index (κ2) is 5.22. The van der Waals surface area contributed by atoms with Gasteiger partial charge in [0.05, 0.1) is 0 Å². The van der Waals surface area contributed by atoms with Crippen LogP contribution in [-0.2, 0) is 11.2 Å². The molecule has 0 atom stereocenters. The van der Waals surface area contributed by atoms with Crippen LogP contribution in [0.25, 0.3) is 11.4 Å². The van der Waals surface area contributed by atoms with Gasteiger partial charge in [-0.05, 0) is 12.8 Å². The van der Waals surface area contributed by atoms with Crippen LogP contribution < -0.4 is 5.32 Å². The Hall–Kier alpha value is -2.17. The first-order valence-electron chi connectivity index (χ1n) is 6.57. The van der Waals surface area contributed by atoms with Crippen molar-refractivity contribution in [2.24, 2.45) is 5.92 Å². The molecule has 98 valence electrons. The summed E-state index contributed by atoms with van der Waals surface area (Å²) in [6, 6.07) is 9.83. The molecule has 2 N–H and O–H groups in total. The van der Waals surface area contributed by atoms with E-state index in [1.54, 1.807) is 0 Å². The fourth-order valence-corrected chi connectivity index (χ4v) is 1.92. The largest absolute Gasteiger partial charge is 0.355 e. The Morgan fingerprint density at radius 2 is 2.11 bits per heavy atom. The molecule has 1 aromatic carbocycles. The van der Waals surface area contributed by atoms with Gasteiger partial charge in [0.25, 0.3) is 0 Å². The number of nitrogens with one attached hydrogen (secondary N) is 2. The van der Waals surface area contributed by atoms with Crippen LogP contribution in [0.3, 0.4) is 0 Å². The summed E-state index contributed by atoms with van der Waals surface area (Å²) in [5.74, 6) is 1.93. The Balaban J connectivity index is 1.54. The third-order valence-corrected chi connectivity index (χ3v) is 3.17. The number of rotatable bonds is 5. The fraction of sp³-hybridized carbons (Fsp3) is 0.357. The number of nitrogens with zero attached hydrogens (tertiary/aromatic N) is 2. The summed E-state index contributed by atoms with van der Waals surface area (Å²) < 4.78 is 0. The van der Waals surface area contributed by atoms with Crippen LogP contribution in [0.2, 0.25) is 0 Å². The van der Waals surface area contributed by atoms with E-state index in [0.717, 1.165) is 24.2 Å². The second-order valence-corrected chi connectivity index (χ2v) is 4.79. The lowest BCUT2D eigenvalue weighted by Crippen LogP contribution is -2.27. The van der Waals surface area contributed by atoms with Gasteiger partial charge >= 0.3 is 0 Å². The van der Waals surface area contributed by atoms with E-state index < -0.39 is 0 Å². The van der Waals surface area contributed by atoms with Crippen LogP contribution in [0.4, 0.5) is 0 Å². The molecule has 0 unspecified atom stereocenters. The molecule has 0 bridgehead atoms. The summed E-state index contributed by atoms with van der Waals surface area (Å²) in [5.41, 5.74) is 0.993. The van der Waals surface area contributed by atoms with E-state index in [1.165, 1.54) is 0 Å². The van der Waals surface area contributed by atoms with Crippen LogP contribution >= 0.6 is 0 Å². The molecular formula is C14H16N4O. The van der Waals surface area contributed by atoms with Crippen molar-refractivity contribution in [3.63, 3.8) is 0 Å². The van der Waals surface area contributed by atoms with Gasteiger partial charge in [0.1, 0.15) is 5.82 Å². The van der Waals surface area contributed by atoms with Crippen molar-refractivity contribution in [2.75, 3.05) is 6.54 Å². The first-order valence-corrected chi connectivity index (χ1v) is 6.57. The molecule has 1 fully saturated rings. The summed E-state index contributed by atoms with van der Waals surface area (Å²) in [6.07, 6.45) is 2.75. The number of carbonyl (C=O) groups is 1. The molecule has 3 rings (SSSR count). The zero-order chi connectivity index (χ0) is 13.1. The fourth-order valence-electron chi connectivity index (χ4n) is 1.92. The first-order chi connectivity index (χ1) is 9.33. The molecule has 2 aromatic rings. The monoisotopic (exact) mass is 256 g/mol. The van der Waals surface area contributed by atoms with Crippen molar-refractivity contribution in [3.05, 3.63) is 36.2 Å². The third-order valence-electron chi connectivity index (χ3n) is 3.17. The Labute approximate surface area is 111 Å². The van der Waals surface area contributed by atoms with Crippen LogP contribution in [-0.4, -0.2) is 27.6 Å². The minimum Gasteiger partial charge on any atom is -0.355 e. The van der Waals surface area contributed by atoms with E-state index in [4.69, 9.17) is 0 Å². The predicted molar refractivity (Wildman–Crippen MR) is 71.3 cm³/mol. The highest BCUT2D eigenvalue weighted by Gasteiger charge is 2.29. The summed E-state index contributed by atoms with van der Waals surface area (Å²) in [5, 5.41) is 10.0. The average Bonchev–Trinajstić information content (AvgIpc) is 3.20. The lowest BCUT2D eigenvalue weighted by atomic mass is 10.2. The van der Waals surface area contributed by atoms with Crippen LogP contribution in [0.5, 0.6) is 0 Å². The highest BCUT2D eigenvalue weighted by Crippen LogP contribution is 2.28. The SMILES string of the molecule is O=C(NCCc1nc(-c2ccccc2)n[nH]1)C1CC1. The molecule has 1 heterocycles. The zero-order valence-corrected chi connectivity index (χ0v) is 10.6. The van der Waals surface area contributed by atoms with Gasteiger partial charge < -0.3 is 5.32 Å². The van der Waals surface area contributed by atoms with Gasteiger partial charge in [-0.1, -0.05) is 30.3 Å². The molecule has 0 radical (unpaired) electrons. The van der Waals surface area contributed by atoms with Crippen LogP contribution in [0.15, 0.2) is 30.3 Å². The Kier molecular flexibility index (Phi) is 3.27. The molecule has 0 saturated heterocycles. The Morgan fingerprint density at radius 1 is 1.32 bits per heavy atom. The molecule has 1 aliphatic carbocycles. The zero-order valence-electron chi connectivity index (χ0n) is 10.6. The van der Waals surface area contributed by atoms with Crippen LogP contribution in [0, 0.1) is 5.92 Å². The number of aromatic amines is 1. The first kappa shape index (κ1) is 11.9. The van der Waals surface area contributed by atoms with E-state index >= 15 is 0 Å². The molecular weight excluding hydrogens is 240 g/mol. The Morgan fingerprint density at radius 3 is 2.84 bits per heavy atom. The highest BCUT2D eigenvalue weighted by atomic mass is 16.2. The van der Waals surface area contributed by atoms with Crippen molar-refractivity contribution in [2.45, 2.75) is 19.3 Å². The van der Waals surface area contributed by atoms with Gasteiger partial charge in [0.2, 0.25) is 5.91 Å². The maximum atomic E-state index is 11.5. The molecule has 0 spiro atoms. The van der Waals surface area contributed by atoms with Crippen molar-refractivity contribution in [1.82, 2.24) is 20.5 Å². The number of H-pyrrole nitrogens is 1. The van der Waals surface area contributed by atoms with E-state index in [1.807, 2.05) is 30.3 Å². The number of hydrogen-bond donors (Lipinski definition) is 2. The van der Waals surface area contributed by atoms with Crippen molar-refractivity contribution < 1.29 is 4.79 Å². The van der Waals surface area contributed by atoms with Gasteiger partial charge in [-0.3, -0.25) is 9.89 Å².